The van der Waals surface area contributed by atoms with Crippen molar-refractivity contribution in [3.8, 4) is 11.5 Å². The van der Waals surface area contributed by atoms with Crippen molar-refractivity contribution in [3.63, 3.8) is 0 Å². The first-order chi connectivity index (χ1) is 13.4. The lowest BCUT2D eigenvalue weighted by Crippen LogP contribution is -2.44. The van der Waals surface area contributed by atoms with Crippen molar-refractivity contribution in [2.24, 2.45) is 0 Å². The van der Waals surface area contributed by atoms with Gasteiger partial charge in [-0.15, -0.1) is 0 Å². The monoisotopic (exact) mass is 403 g/mol. The summed E-state index contributed by atoms with van der Waals surface area (Å²) in [6.45, 7) is 0.418. The molecular formula is C19H21N3O5S. The van der Waals surface area contributed by atoms with E-state index in [9.17, 15) is 13.2 Å². The number of carbonyl (C=O) groups excluding carboxylic acids is 1. The summed E-state index contributed by atoms with van der Waals surface area (Å²) in [4.78, 5) is 14.5. The number of carbonyl (C=O) groups is 1. The largest absolute Gasteiger partial charge is 0.493 e. The number of methoxy groups -OCH3 is 2. The fourth-order valence-corrected chi connectivity index (χ4v) is 5.01. The number of nitrogens with one attached hydrogen (secondary N) is 2. The Morgan fingerprint density at radius 2 is 1.86 bits per heavy atom. The summed E-state index contributed by atoms with van der Waals surface area (Å²) in [7, 11) is -0.844. The highest BCUT2D eigenvalue weighted by atomic mass is 32.2. The zero-order chi connectivity index (χ0) is 19.9. The van der Waals surface area contributed by atoms with Gasteiger partial charge in [-0.1, -0.05) is 12.1 Å². The molecule has 28 heavy (non-hydrogen) atoms. The van der Waals surface area contributed by atoms with E-state index in [4.69, 9.17) is 9.47 Å². The third kappa shape index (κ3) is 3.16. The summed E-state index contributed by atoms with van der Waals surface area (Å²) in [6, 6.07) is 11.2. The van der Waals surface area contributed by atoms with E-state index in [0.29, 0.717) is 24.5 Å². The van der Waals surface area contributed by atoms with Crippen molar-refractivity contribution in [2.75, 3.05) is 31.0 Å². The number of ether oxygens (including phenoxy) is 2. The number of nitrogens with zero attached hydrogens (tertiary/aromatic N) is 1. The number of amides is 1. The smallest absolute Gasteiger partial charge is 0.247 e. The SMILES string of the molecule is COc1ccc(S(=O)(=O)NC2CC3C(=O)Nc4ccccc4N3C2)cc1OC. The van der Waals surface area contributed by atoms with Gasteiger partial charge in [0.15, 0.2) is 11.5 Å². The topological polar surface area (TPSA) is 97.0 Å². The van der Waals surface area contributed by atoms with Crippen LogP contribution in [-0.2, 0) is 14.8 Å². The van der Waals surface area contributed by atoms with Crippen LogP contribution < -0.4 is 24.4 Å². The van der Waals surface area contributed by atoms with E-state index in [1.165, 1.54) is 26.4 Å². The summed E-state index contributed by atoms with van der Waals surface area (Å²) < 4.78 is 38.8. The molecule has 148 valence electrons. The van der Waals surface area contributed by atoms with Crippen LogP contribution in [0.2, 0.25) is 0 Å². The van der Waals surface area contributed by atoms with Crippen LogP contribution in [0.1, 0.15) is 6.42 Å². The molecule has 4 rings (SSSR count). The first kappa shape index (κ1) is 18.6. The second-order valence-electron chi connectivity index (χ2n) is 6.75. The molecule has 0 aromatic heterocycles. The zero-order valence-corrected chi connectivity index (χ0v) is 16.3. The van der Waals surface area contributed by atoms with E-state index in [2.05, 4.69) is 10.0 Å². The van der Waals surface area contributed by atoms with Crippen LogP contribution in [-0.4, -0.2) is 47.2 Å². The van der Waals surface area contributed by atoms with E-state index < -0.39 is 16.1 Å². The number of anilines is 2. The van der Waals surface area contributed by atoms with Crippen molar-refractivity contribution < 1.29 is 22.7 Å². The van der Waals surface area contributed by atoms with Gasteiger partial charge in [-0.3, -0.25) is 4.79 Å². The molecule has 0 spiro atoms. The molecule has 0 radical (unpaired) electrons. The molecule has 2 heterocycles. The number of hydrogen-bond acceptors (Lipinski definition) is 6. The minimum absolute atomic E-state index is 0.0832. The van der Waals surface area contributed by atoms with E-state index in [0.717, 1.165) is 11.4 Å². The Bertz CT molecular complexity index is 1020. The van der Waals surface area contributed by atoms with Crippen molar-refractivity contribution in [3.05, 3.63) is 42.5 Å². The zero-order valence-electron chi connectivity index (χ0n) is 15.5. The fraction of sp³-hybridized carbons (Fsp3) is 0.316. The molecular weight excluding hydrogens is 382 g/mol. The van der Waals surface area contributed by atoms with Crippen molar-refractivity contribution >= 4 is 27.3 Å². The summed E-state index contributed by atoms with van der Waals surface area (Å²) in [5.41, 5.74) is 1.65. The molecule has 2 aliphatic rings. The second-order valence-corrected chi connectivity index (χ2v) is 8.46. The summed E-state index contributed by atoms with van der Waals surface area (Å²) >= 11 is 0. The van der Waals surface area contributed by atoms with E-state index in [1.807, 2.05) is 29.2 Å². The van der Waals surface area contributed by atoms with Gasteiger partial charge in [0.25, 0.3) is 0 Å². The Morgan fingerprint density at radius 3 is 2.61 bits per heavy atom. The highest BCUT2D eigenvalue weighted by molar-refractivity contribution is 7.89. The van der Waals surface area contributed by atoms with Crippen molar-refractivity contribution in [1.29, 1.82) is 0 Å². The molecule has 0 aliphatic carbocycles. The highest BCUT2D eigenvalue weighted by Crippen LogP contribution is 2.37. The molecule has 2 unspecified atom stereocenters. The van der Waals surface area contributed by atoms with Crippen LogP contribution in [0.5, 0.6) is 11.5 Å². The molecule has 0 saturated carbocycles. The number of rotatable bonds is 5. The number of para-hydroxylation sites is 2. The lowest BCUT2D eigenvalue weighted by atomic mass is 10.1. The van der Waals surface area contributed by atoms with Crippen LogP contribution in [0.25, 0.3) is 0 Å². The van der Waals surface area contributed by atoms with Gasteiger partial charge in [0.05, 0.1) is 30.5 Å². The molecule has 9 heteroatoms. The fourth-order valence-electron chi connectivity index (χ4n) is 3.75. The van der Waals surface area contributed by atoms with Crippen LogP contribution in [0.4, 0.5) is 11.4 Å². The predicted molar refractivity (Wildman–Crippen MR) is 104 cm³/mol. The maximum absolute atomic E-state index is 12.9. The van der Waals surface area contributed by atoms with Gasteiger partial charge < -0.3 is 19.7 Å². The maximum Gasteiger partial charge on any atom is 0.247 e. The Balaban J connectivity index is 1.56. The Kier molecular flexibility index (Phi) is 4.64. The highest BCUT2D eigenvalue weighted by Gasteiger charge is 2.42. The summed E-state index contributed by atoms with van der Waals surface area (Å²) in [5.74, 6) is 0.668. The van der Waals surface area contributed by atoms with Crippen LogP contribution in [0.15, 0.2) is 47.4 Å². The number of benzene rings is 2. The molecule has 2 aromatic carbocycles. The molecule has 8 nitrogen and oxygen atoms in total. The Labute approximate surface area is 163 Å². The van der Waals surface area contributed by atoms with E-state index in [1.54, 1.807) is 6.07 Å². The van der Waals surface area contributed by atoms with Crippen molar-refractivity contribution in [2.45, 2.75) is 23.4 Å². The minimum atomic E-state index is -3.78. The Morgan fingerprint density at radius 1 is 1.11 bits per heavy atom. The van der Waals surface area contributed by atoms with Gasteiger partial charge in [0.1, 0.15) is 6.04 Å². The lowest BCUT2D eigenvalue weighted by molar-refractivity contribution is -0.117. The standard InChI is InChI=1S/C19H21N3O5S/c1-26-17-8-7-13(10-18(17)27-2)28(24,25)21-12-9-16-19(23)20-14-5-3-4-6-15(14)22(16)11-12/h3-8,10,12,16,21H,9,11H2,1-2H3,(H,20,23). The summed E-state index contributed by atoms with van der Waals surface area (Å²) in [5, 5.41) is 2.89. The average molecular weight is 403 g/mol. The molecule has 2 N–H and O–H groups in total. The lowest BCUT2D eigenvalue weighted by Gasteiger charge is -2.32. The number of sulfonamides is 1. The predicted octanol–water partition coefficient (Wildman–Crippen LogP) is 1.58. The van der Waals surface area contributed by atoms with E-state index in [-0.39, 0.29) is 16.8 Å². The van der Waals surface area contributed by atoms with Crippen LogP contribution in [0, 0.1) is 0 Å². The first-order valence-electron chi connectivity index (χ1n) is 8.84. The second kappa shape index (κ2) is 6.99. The van der Waals surface area contributed by atoms with Gasteiger partial charge in [-0.05, 0) is 30.7 Å². The van der Waals surface area contributed by atoms with Gasteiger partial charge in [-0.25, -0.2) is 13.1 Å². The molecule has 2 aliphatic heterocycles. The number of fused-ring (bicyclic) bond motifs is 3. The normalized spacial score (nSPS) is 20.9. The van der Waals surface area contributed by atoms with Gasteiger partial charge >= 0.3 is 0 Å². The number of hydrogen-bond donors (Lipinski definition) is 2. The van der Waals surface area contributed by atoms with E-state index >= 15 is 0 Å². The Hall–Kier alpha value is -2.78. The molecule has 2 atom stereocenters. The average Bonchev–Trinajstić information content (AvgIpc) is 3.11. The summed E-state index contributed by atoms with van der Waals surface area (Å²) in [6.07, 6.45) is 0.396. The molecule has 2 aromatic rings. The quantitative estimate of drug-likeness (QED) is 0.787. The van der Waals surface area contributed by atoms with Crippen molar-refractivity contribution in [1.82, 2.24) is 4.72 Å². The van der Waals surface area contributed by atoms with Gasteiger partial charge in [0.2, 0.25) is 15.9 Å². The van der Waals surface area contributed by atoms with Gasteiger partial charge in [0, 0.05) is 18.7 Å². The van der Waals surface area contributed by atoms with Gasteiger partial charge in [-0.2, -0.15) is 0 Å². The molecule has 1 saturated heterocycles. The third-order valence-corrected chi connectivity index (χ3v) is 6.58. The molecule has 1 fully saturated rings. The first-order valence-corrected chi connectivity index (χ1v) is 10.3. The van der Waals surface area contributed by atoms with Crippen LogP contribution in [0.3, 0.4) is 0 Å². The molecule has 0 bridgehead atoms. The molecule has 1 amide bonds. The minimum Gasteiger partial charge on any atom is -0.493 e. The van der Waals surface area contributed by atoms with Crippen LogP contribution >= 0.6 is 0 Å². The maximum atomic E-state index is 12.9. The third-order valence-electron chi connectivity index (χ3n) is 5.06.